The molecule has 0 saturated carbocycles. The third-order valence-electron chi connectivity index (χ3n) is 3.48. The average Bonchev–Trinajstić information content (AvgIpc) is 2.51. The highest BCUT2D eigenvalue weighted by molar-refractivity contribution is 7.91. The summed E-state index contributed by atoms with van der Waals surface area (Å²) in [5.74, 6) is -0.571. The second-order valence-electron chi connectivity index (χ2n) is 4.80. The van der Waals surface area contributed by atoms with Crippen LogP contribution in [0.5, 0.6) is 0 Å². The lowest BCUT2D eigenvalue weighted by atomic mass is 10.00. The third-order valence-corrected chi connectivity index (χ3v) is 5.77. The second kappa shape index (κ2) is 5.26. The predicted molar refractivity (Wildman–Crippen MR) is 82.1 cm³/mol. The Morgan fingerprint density at radius 3 is 1.96 bits per heavy atom. The number of fused-ring (bicyclic) bond motifs is 2. The largest absolute Gasteiger partial charge is 0.289 e. The van der Waals surface area contributed by atoms with Crippen molar-refractivity contribution in [1.82, 2.24) is 0 Å². The van der Waals surface area contributed by atoms with Crippen LogP contribution in [0.15, 0.2) is 46.2 Å². The van der Waals surface area contributed by atoms with E-state index in [1.165, 1.54) is 18.2 Å². The standard InChI is InChI=1S/C15H6Cl2O5S/c16-14(19)7-2-4-11-10(5-7)13(18)9-3-1-8(15(17)20)6-12(9)23(11,21)22/h1-6H. The molecule has 0 amide bonds. The first kappa shape index (κ1) is 15.9. The summed E-state index contributed by atoms with van der Waals surface area (Å²) in [6.07, 6.45) is 0. The molecule has 23 heavy (non-hydrogen) atoms. The van der Waals surface area contributed by atoms with Crippen LogP contribution in [-0.2, 0) is 9.84 Å². The van der Waals surface area contributed by atoms with E-state index in [4.69, 9.17) is 23.2 Å². The number of benzene rings is 2. The monoisotopic (exact) mass is 368 g/mol. The van der Waals surface area contributed by atoms with Crippen molar-refractivity contribution in [2.45, 2.75) is 9.79 Å². The Balaban J connectivity index is 2.33. The summed E-state index contributed by atoms with van der Waals surface area (Å²) in [4.78, 5) is 34.4. The Morgan fingerprint density at radius 2 is 1.35 bits per heavy atom. The second-order valence-corrected chi connectivity index (χ2v) is 7.37. The molecule has 0 spiro atoms. The molecule has 8 heteroatoms. The Morgan fingerprint density at radius 1 is 0.783 bits per heavy atom. The van der Waals surface area contributed by atoms with E-state index in [9.17, 15) is 22.8 Å². The molecule has 0 atom stereocenters. The third kappa shape index (κ3) is 2.39. The van der Waals surface area contributed by atoms with Gasteiger partial charge >= 0.3 is 0 Å². The van der Waals surface area contributed by atoms with Gasteiger partial charge in [-0.3, -0.25) is 14.4 Å². The molecular formula is C15H6Cl2O5S. The van der Waals surface area contributed by atoms with Crippen molar-refractivity contribution >= 4 is 49.3 Å². The van der Waals surface area contributed by atoms with Crippen molar-refractivity contribution in [2.75, 3.05) is 0 Å². The van der Waals surface area contributed by atoms with E-state index in [0.29, 0.717) is 0 Å². The van der Waals surface area contributed by atoms with Gasteiger partial charge in [0, 0.05) is 22.3 Å². The van der Waals surface area contributed by atoms with Crippen LogP contribution < -0.4 is 0 Å². The van der Waals surface area contributed by atoms with Crippen molar-refractivity contribution in [3.8, 4) is 0 Å². The van der Waals surface area contributed by atoms with E-state index in [1.807, 2.05) is 0 Å². The molecule has 0 N–H and O–H groups in total. The molecule has 116 valence electrons. The smallest absolute Gasteiger partial charge is 0.252 e. The SMILES string of the molecule is O=C(Cl)c1ccc2c(c1)C(=O)c1ccc(C(=O)Cl)cc1S2(=O)=O. The molecular weight excluding hydrogens is 363 g/mol. The Bertz CT molecular complexity index is 1010. The van der Waals surface area contributed by atoms with E-state index >= 15 is 0 Å². The molecule has 2 aromatic rings. The number of rotatable bonds is 2. The summed E-state index contributed by atoms with van der Waals surface area (Å²) in [6.45, 7) is 0. The molecule has 1 heterocycles. The zero-order valence-corrected chi connectivity index (χ0v) is 13.5. The fourth-order valence-corrected chi connectivity index (χ4v) is 4.27. The quantitative estimate of drug-likeness (QED) is 0.649. The maximum Gasteiger partial charge on any atom is 0.252 e. The highest BCUT2D eigenvalue weighted by Gasteiger charge is 2.35. The van der Waals surface area contributed by atoms with Gasteiger partial charge < -0.3 is 0 Å². The lowest BCUT2D eigenvalue weighted by molar-refractivity contribution is 0.102. The van der Waals surface area contributed by atoms with E-state index in [1.54, 1.807) is 0 Å². The molecule has 0 saturated heterocycles. The van der Waals surface area contributed by atoms with Crippen molar-refractivity contribution in [3.63, 3.8) is 0 Å². The normalized spacial score (nSPS) is 14.8. The minimum absolute atomic E-state index is 0.0185. The number of hydrogen-bond acceptors (Lipinski definition) is 5. The van der Waals surface area contributed by atoms with Crippen LogP contribution in [0.4, 0.5) is 0 Å². The van der Waals surface area contributed by atoms with Gasteiger partial charge in [-0.2, -0.15) is 0 Å². The fourth-order valence-electron chi connectivity index (χ4n) is 2.38. The molecule has 1 aliphatic heterocycles. The summed E-state index contributed by atoms with van der Waals surface area (Å²) < 4.78 is 25.3. The van der Waals surface area contributed by atoms with Crippen LogP contribution in [0.25, 0.3) is 0 Å². The first-order valence-corrected chi connectivity index (χ1v) is 8.45. The molecule has 0 radical (unpaired) electrons. The molecule has 0 aliphatic carbocycles. The average molecular weight is 369 g/mol. The van der Waals surface area contributed by atoms with E-state index in [-0.39, 0.29) is 32.0 Å². The number of carbonyl (C=O) groups excluding carboxylic acids is 3. The molecule has 0 bridgehead atoms. The first-order chi connectivity index (χ1) is 10.7. The van der Waals surface area contributed by atoms with Crippen LogP contribution in [0, 0.1) is 0 Å². The van der Waals surface area contributed by atoms with Gasteiger partial charge in [-0.15, -0.1) is 0 Å². The van der Waals surface area contributed by atoms with Gasteiger partial charge in [0.25, 0.3) is 10.5 Å². The molecule has 2 aromatic carbocycles. The minimum atomic E-state index is -4.02. The highest BCUT2D eigenvalue weighted by atomic mass is 35.5. The number of hydrogen-bond donors (Lipinski definition) is 0. The Hall–Kier alpha value is -2.02. The molecule has 5 nitrogen and oxygen atoms in total. The van der Waals surface area contributed by atoms with Crippen LogP contribution in [0.3, 0.4) is 0 Å². The zero-order valence-electron chi connectivity index (χ0n) is 11.2. The summed E-state index contributed by atoms with van der Waals surface area (Å²) in [6, 6.07) is 7.08. The van der Waals surface area contributed by atoms with Gasteiger partial charge in [-0.05, 0) is 59.6 Å². The van der Waals surface area contributed by atoms with E-state index in [0.717, 1.165) is 18.2 Å². The Kier molecular flexibility index (Phi) is 3.63. The Labute approximate surface area is 140 Å². The molecule has 0 aromatic heterocycles. The molecule has 0 unspecified atom stereocenters. The van der Waals surface area contributed by atoms with Gasteiger partial charge in [0.1, 0.15) is 0 Å². The number of sulfone groups is 1. The van der Waals surface area contributed by atoms with Crippen molar-refractivity contribution < 1.29 is 22.8 Å². The molecule has 0 fully saturated rings. The maximum atomic E-state index is 12.7. The topological polar surface area (TPSA) is 85.3 Å². The van der Waals surface area contributed by atoms with Crippen molar-refractivity contribution in [2.24, 2.45) is 0 Å². The van der Waals surface area contributed by atoms with Crippen LogP contribution in [-0.4, -0.2) is 24.7 Å². The lowest BCUT2D eigenvalue weighted by Gasteiger charge is -2.19. The van der Waals surface area contributed by atoms with Gasteiger partial charge in [0.15, 0.2) is 5.78 Å². The van der Waals surface area contributed by atoms with E-state index in [2.05, 4.69) is 0 Å². The van der Waals surface area contributed by atoms with Gasteiger partial charge in [-0.25, -0.2) is 8.42 Å². The molecule has 3 rings (SSSR count). The number of halogens is 2. The molecule has 1 aliphatic rings. The predicted octanol–water partition coefficient (Wildman–Crippen LogP) is 2.82. The highest BCUT2D eigenvalue weighted by Crippen LogP contribution is 2.35. The minimum Gasteiger partial charge on any atom is -0.289 e. The maximum absolute atomic E-state index is 12.7. The number of ketones is 1. The summed E-state index contributed by atoms with van der Waals surface area (Å²) in [5.41, 5.74) is -0.227. The van der Waals surface area contributed by atoms with Gasteiger partial charge in [0.2, 0.25) is 9.84 Å². The van der Waals surface area contributed by atoms with Crippen LogP contribution in [0.1, 0.15) is 36.6 Å². The fraction of sp³-hybridized carbons (Fsp3) is 0. The summed E-state index contributed by atoms with van der Waals surface area (Å²) in [5, 5.41) is -1.63. The van der Waals surface area contributed by atoms with Gasteiger partial charge in [0.05, 0.1) is 9.79 Å². The lowest BCUT2D eigenvalue weighted by Crippen LogP contribution is -2.21. The van der Waals surface area contributed by atoms with Crippen molar-refractivity contribution in [3.05, 3.63) is 58.7 Å². The van der Waals surface area contributed by atoms with Gasteiger partial charge in [-0.1, -0.05) is 0 Å². The summed E-state index contributed by atoms with van der Waals surface area (Å²) in [7, 11) is -4.02. The van der Waals surface area contributed by atoms with Crippen LogP contribution >= 0.6 is 23.2 Å². The zero-order chi connectivity index (χ0) is 16.9. The number of carbonyl (C=O) groups is 3. The van der Waals surface area contributed by atoms with E-state index < -0.39 is 26.1 Å². The first-order valence-electron chi connectivity index (χ1n) is 6.21. The van der Waals surface area contributed by atoms with Crippen LogP contribution in [0.2, 0.25) is 0 Å². The van der Waals surface area contributed by atoms with Crippen molar-refractivity contribution in [1.29, 1.82) is 0 Å². The summed E-state index contributed by atoms with van der Waals surface area (Å²) >= 11 is 10.7.